The first-order valence-corrected chi connectivity index (χ1v) is 26.1. The maximum Gasteiger partial charge on any atom is 0.305 e. The van der Waals surface area contributed by atoms with Crippen molar-refractivity contribution < 1.29 is 24.5 Å². The van der Waals surface area contributed by atoms with Crippen LogP contribution in [0.5, 0.6) is 0 Å². The molecule has 59 heavy (non-hydrogen) atoms. The first-order valence-electron chi connectivity index (χ1n) is 26.1. The molecule has 2 atom stereocenters. The van der Waals surface area contributed by atoms with Crippen LogP contribution in [0.3, 0.4) is 0 Å². The molecule has 0 saturated heterocycles. The summed E-state index contributed by atoms with van der Waals surface area (Å²) in [6.07, 6.45) is 57.4. The first kappa shape index (κ1) is 57.3. The number of allylic oxidation sites excluding steroid dienone is 3. The van der Waals surface area contributed by atoms with E-state index in [1.807, 2.05) is 6.08 Å². The van der Waals surface area contributed by atoms with E-state index in [0.717, 1.165) is 57.8 Å². The maximum absolute atomic E-state index is 12.4. The van der Waals surface area contributed by atoms with E-state index in [2.05, 4.69) is 31.3 Å². The van der Waals surface area contributed by atoms with Gasteiger partial charge in [0.25, 0.3) is 0 Å². The summed E-state index contributed by atoms with van der Waals surface area (Å²) in [6.45, 7) is 4.87. The number of amides is 1. The van der Waals surface area contributed by atoms with Crippen molar-refractivity contribution in [3.63, 3.8) is 0 Å². The molecule has 0 spiro atoms. The van der Waals surface area contributed by atoms with Gasteiger partial charge in [-0.05, 0) is 57.8 Å². The van der Waals surface area contributed by atoms with Crippen molar-refractivity contribution in [1.82, 2.24) is 5.32 Å². The number of hydrogen-bond donors (Lipinski definition) is 3. The summed E-state index contributed by atoms with van der Waals surface area (Å²) in [4.78, 5) is 24.4. The Bertz CT molecular complexity index is 920. The van der Waals surface area contributed by atoms with Crippen LogP contribution >= 0.6 is 0 Å². The lowest BCUT2D eigenvalue weighted by Crippen LogP contribution is -2.45. The number of nitrogens with one attached hydrogen (secondary N) is 1. The molecular weight excluding hydrogens is 731 g/mol. The molecule has 0 rings (SSSR count). The number of ether oxygens (including phenoxy) is 1. The van der Waals surface area contributed by atoms with Crippen LogP contribution in [0.1, 0.15) is 277 Å². The first-order chi connectivity index (χ1) is 29.0. The standard InChI is InChI=1S/C53H101NO5/c1-3-5-7-9-11-13-15-17-21-25-29-33-37-41-45-51(56)50(49-55)54-52(57)46-42-38-34-30-26-22-19-20-24-28-32-36-40-44-48-59-53(58)47-43-39-35-31-27-23-18-16-14-12-10-8-6-4-2/h16,18,41,45,50-51,55-56H,3-15,17,19-40,42-44,46-49H2,1-2H3,(H,54,57)/b18-16-,45-41+. The molecule has 0 aromatic carbocycles. The summed E-state index contributed by atoms with van der Waals surface area (Å²) in [5, 5.41) is 23.0. The molecular formula is C53H101NO5. The van der Waals surface area contributed by atoms with Gasteiger partial charge in [0.1, 0.15) is 0 Å². The number of unbranched alkanes of at least 4 members (excludes halogenated alkanes) is 35. The molecule has 0 aromatic rings. The zero-order valence-corrected chi connectivity index (χ0v) is 39.5. The van der Waals surface area contributed by atoms with E-state index < -0.39 is 12.1 Å². The van der Waals surface area contributed by atoms with E-state index in [4.69, 9.17) is 4.74 Å². The van der Waals surface area contributed by atoms with Gasteiger partial charge in [-0.1, -0.05) is 231 Å². The number of esters is 1. The fraction of sp³-hybridized carbons (Fsp3) is 0.887. The van der Waals surface area contributed by atoms with Crippen molar-refractivity contribution in [2.24, 2.45) is 0 Å². The summed E-state index contributed by atoms with van der Waals surface area (Å²) in [5.41, 5.74) is 0. The lowest BCUT2D eigenvalue weighted by atomic mass is 10.0. The van der Waals surface area contributed by atoms with Crippen LogP contribution in [-0.2, 0) is 14.3 Å². The Kier molecular flexibility index (Phi) is 47.6. The number of rotatable bonds is 48. The van der Waals surface area contributed by atoms with Crippen molar-refractivity contribution >= 4 is 11.9 Å². The topological polar surface area (TPSA) is 95.9 Å². The number of aliphatic hydroxyl groups is 2. The molecule has 0 aliphatic heterocycles. The van der Waals surface area contributed by atoms with Gasteiger partial charge < -0.3 is 20.3 Å². The molecule has 2 unspecified atom stereocenters. The Balaban J connectivity index is 3.48. The maximum atomic E-state index is 12.4. The zero-order valence-electron chi connectivity index (χ0n) is 39.5. The molecule has 0 fully saturated rings. The molecule has 1 amide bonds. The summed E-state index contributed by atoms with van der Waals surface area (Å²) in [7, 11) is 0. The summed E-state index contributed by atoms with van der Waals surface area (Å²) in [5.74, 6) is -0.0909. The highest BCUT2D eigenvalue weighted by Crippen LogP contribution is 2.16. The van der Waals surface area contributed by atoms with E-state index in [9.17, 15) is 19.8 Å². The minimum Gasteiger partial charge on any atom is -0.466 e. The van der Waals surface area contributed by atoms with Gasteiger partial charge in [-0.15, -0.1) is 0 Å². The molecule has 0 aromatic heterocycles. The highest BCUT2D eigenvalue weighted by molar-refractivity contribution is 5.76. The third kappa shape index (κ3) is 45.7. The van der Waals surface area contributed by atoms with E-state index in [1.165, 1.54) is 193 Å². The SMILES string of the molecule is CCCCCCC/C=C\CCCCCCCC(=O)OCCCCCCCCCCCCCCCCC(=O)NC(CO)C(O)/C=C/CCCCCCCCCCCCCC. The van der Waals surface area contributed by atoms with Crippen LogP contribution in [-0.4, -0.2) is 47.4 Å². The number of hydrogen-bond acceptors (Lipinski definition) is 5. The average Bonchev–Trinajstić information content (AvgIpc) is 3.24. The minimum absolute atomic E-state index is 0.0122. The highest BCUT2D eigenvalue weighted by Gasteiger charge is 2.18. The lowest BCUT2D eigenvalue weighted by molar-refractivity contribution is -0.143. The number of carbonyl (C=O) groups excluding carboxylic acids is 2. The van der Waals surface area contributed by atoms with Crippen LogP contribution in [0.4, 0.5) is 0 Å². The summed E-state index contributed by atoms with van der Waals surface area (Å²) >= 11 is 0. The molecule has 0 radical (unpaired) electrons. The van der Waals surface area contributed by atoms with Crippen molar-refractivity contribution in [2.75, 3.05) is 13.2 Å². The monoisotopic (exact) mass is 832 g/mol. The second-order valence-electron chi connectivity index (χ2n) is 17.9. The molecule has 0 aliphatic carbocycles. The fourth-order valence-corrected chi connectivity index (χ4v) is 7.92. The molecule has 0 saturated carbocycles. The van der Waals surface area contributed by atoms with Gasteiger partial charge in [-0.3, -0.25) is 9.59 Å². The van der Waals surface area contributed by atoms with Crippen LogP contribution < -0.4 is 5.32 Å². The van der Waals surface area contributed by atoms with Gasteiger partial charge in [0, 0.05) is 12.8 Å². The smallest absolute Gasteiger partial charge is 0.305 e. The summed E-state index contributed by atoms with van der Waals surface area (Å²) in [6, 6.07) is -0.635. The van der Waals surface area contributed by atoms with Crippen molar-refractivity contribution in [3.8, 4) is 0 Å². The Labute approximate surface area is 367 Å². The number of carbonyl (C=O) groups is 2. The predicted molar refractivity (Wildman–Crippen MR) is 255 cm³/mol. The second-order valence-corrected chi connectivity index (χ2v) is 17.9. The molecule has 348 valence electrons. The van der Waals surface area contributed by atoms with E-state index >= 15 is 0 Å². The van der Waals surface area contributed by atoms with E-state index in [1.54, 1.807) is 6.08 Å². The number of aliphatic hydroxyl groups excluding tert-OH is 2. The summed E-state index contributed by atoms with van der Waals surface area (Å²) < 4.78 is 5.46. The van der Waals surface area contributed by atoms with Gasteiger partial charge in [0.15, 0.2) is 0 Å². The van der Waals surface area contributed by atoms with Gasteiger partial charge in [0.2, 0.25) is 5.91 Å². The van der Waals surface area contributed by atoms with Crippen LogP contribution in [0, 0.1) is 0 Å². The predicted octanol–water partition coefficient (Wildman–Crippen LogP) is 15.5. The largest absolute Gasteiger partial charge is 0.466 e. The van der Waals surface area contributed by atoms with Gasteiger partial charge in [0.05, 0.1) is 25.4 Å². The molecule has 6 heteroatoms. The minimum atomic E-state index is -0.850. The molecule has 6 nitrogen and oxygen atoms in total. The van der Waals surface area contributed by atoms with Crippen LogP contribution in [0.15, 0.2) is 24.3 Å². The zero-order chi connectivity index (χ0) is 43.0. The normalized spacial score (nSPS) is 12.8. The van der Waals surface area contributed by atoms with Gasteiger partial charge in [-0.2, -0.15) is 0 Å². The Hall–Kier alpha value is -1.66. The molecule has 0 heterocycles. The highest BCUT2D eigenvalue weighted by atomic mass is 16.5. The Morgan fingerprint density at radius 3 is 1.20 bits per heavy atom. The third-order valence-corrected chi connectivity index (χ3v) is 12.0. The van der Waals surface area contributed by atoms with Crippen molar-refractivity contribution in [1.29, 1.82) is 0 Å². The van der Waals surface area contributed by atoms with E-state index in [0.29, 0.717) is 19.4 Å². The van der Waals surface area contributed by atoms with Crippen molar-refractivity contribution in [2.45, 2.75) is 289 Å². The van der Waals surface area contributed by atoms with Gasteiger partial charge in [-0.25, -0.2) is 0 Å². The Morgan fingerprint density at radius 2 is 0.797 bits per heavy atom. The van der Waals surface area contributed by atoms with Crippen molar-refractivity contribution in [3.05, 3.63) is 24.3 Å². The van der Waals surface area contributed by atoms with E-state index in [-0.39, 0.29) is 18.5 Å². The van der Waals surface area contributed by atoms with Crippen LogP contribution in [0.25, 0.3) is 0 Å². The lowest BCUT2D eigenvalue weighted by Gasteiger charge is -2.20. The molecule has 0 aliphatic rings. The molecule has 0 bridgehead atoms. The molecule has 3 N–H and O–H groups in total. The average molecular weight is 832 g/mol. The Morgan fingerprint density at radius 1 is 0.458 bits per heavy atom. The van der Waals surface area contributed by atoms with Gasteiger partial charge >= 0.3 is 5.97 Å². The quantitative estimate of drug-likeness (QED) is 0.0322. The van der Waals surface area contributed by atoms with Crippen LogP contribution in [0.2, 0.25) is 0 Å². The fourth-order valence-electron chi connectivity index (χ4n) is 7.92. The third-order valence-electron chi connectivity index (χ3n) is 12.0. The second kappa shape index (κ2) is 49.0.